The van der Waals surface area contributed by atoms with Gasteiger partial charge in [-0.05, 0) is 55.5 Å². The SMILES string of the molecule is COc1cc(C(=O)N2CCCCc3cccc(C)c32)ccc1C(=O)O. The van der Waals surface area contributed by atoms with Gasteiger partial charge >= 0.3 is 5.97 Å². The van der Waals surface area contributed by atoms with Crippen LogP contribution in [0, 0.1) is 6.92 Å². The van der Waals surface area contributed by atoms with E-state index in [0.29, 0.717) is 12.1 Å². The summed E-state index contributed by atoms with van der Waals surface area (Å²) in [4.78, 5) is 26.2. The first-order chi connectivity index (χ1) is 12.0. The van der Waals surface area contributed by atoms with Crippen LogP contribution in [0.3, 0.4) is 0 Å². The van der Waals surface area contributed by atoms with Gasteiger partial charge in [-0.1, -0.05) is 18.2 Å². The summed E-state index contributed by atoms with van der Waals surface area (Å²) in [5.41, 5.74) is 3.71. The minimum Gasteiger partial charge on any atom is -0.496 e. The number of methoxy groups -OCH3 is 1. The van der Waals surface area contributed by atoms with E-state index in [-0.39, 0.29) is 17.2 Å². The van der Waals surface area contributed by atoms with E-state index < -0.39 is 5.97 Å². The number of ether oxygens (including phenoxy) is 1. The number of benzene rings is 2. The monoisotopic (exact) mass is 339 g/mol. The number of carboxylic acids is 1. The van der Waals surface area contributed by atoms with Gasteiger partial charge in [0.2, 0.25) is 0 Å². The van der Waals surface area contributed by atoms with Crippen LogP contribution < -0.4 is 9.64 Å². The third kappa shape index (κ3) is 3.22. The van der Waals surface area contributed by atoms with Gasteiger partial charge in [-0.3, -0.25) is 4.79 Å². The fraction of sp³-hybridized carbons (Fsp3) is 0.300. The van der Waals surface area contributed by atoms with Crippen molar-refractivity contribution in [3.05, 3.63) is 58.7 Å². The zero-order valence-corrected chi connectivity index (χ0v) is 14.4. The van der Waals surface area contributed by atoms with E-state index in [0.717, 1.165) is 30.5 Å². The second-order valence-electron chi connectivity index (χ2n) is 6.22. The van der Waals surface area contributed by atoms with Gasteiger partial charge in [0.1, 0.15) is 11.3 Å². The van der Waals surface area contributed by atoms with Gasteiger partial charge in [-0.25, -0.2) is 4.79 Å². The second-order valence-corrected chi connectivity index (χ2v) is 6.22. The van der Waals surface area contributed by atoms with Crippen molar-refractivity contribution in [2.45, 2.75) is 26.2 Å². The molecule has 1 aliphatic rings. The van der Waals surface area contributed by atoms with Gasteiger partial charge in [0.15, 0.2) is 0 Å². The highest BCUT2D eigenvalue weighted by molar-refractivity contribution is 6.08. The zero-order valence-electron chi connectivity index (χ0n) is 14.4. The minimum atomic E-state index is -1.08. The molecule has 0 radical (unpaired) electrons. The Balaban J connectivity index is 2.03. The van der Waals surface area contributed by atoms with Crippen LogP contribution in [0.15, 0.2) is 36.4 Å². The van der Waals surface area contributed by atoms with Crippen LogP contribution in [-0.4, -0.2) is 30.6 Å². The molecule has 0 spiro atoms. The maximum Gasteiger partial charge on any atom is 0.339 e. The van der Waals surface area contributed by atoms with E-state index in [4.69, 9.17) is 4.74 Å². The van der Waals surface area contributed by atoms with E-state index in [1.54, 1.807) is 6.07 Å². The third-order valence-corrected chi connectivity index (χ3v) is 4.59. The van der Waals surface area contributed by atoms with Gasteiger partial charge < -0.3 is 14.7 Å². The van der Waals surface area contributed by atoms with Crippen LogP contribution in [0.5, 0.6) is 5.75 Å². The van der Waals surface area contributed by atoms with E-state index in [1.807, 2.05) is 24.0 Å². The summed E-state index contributed by atoms with van der Waals surface area (Å²) in [6.45, 7) is 2.66. The molecular formula is C20H21NO4. The van der Waals surface area contributed by atoms with Crippen LogP contribution in [0.2, 0.25) is 0 Å². The van der Waals surface area contributed by atoms with Crippen molar-refractivity contribution in [1.82, 2.24) is 0 Å². The molecule has 2 aromatic carbocycles. The lowest BCUT2D eigenvalue weighted by Crippen LogP contribution is -2.32. The summed E-state index contributed by atoms with van der Waals surface area (Å²) in [6.07, 6.45) is 2.94. The Labute approximate surface area is 146 Å². The van der Waals surface area contributed by atoms with Crippen molar-refractivity contribution in [2.75, 3.05) is 18.6 Å². The molecule has 1 N–H and O–H groups in total. The zero-order chi connectivity index (χ0) is 18.0. The Morgan fingerprint density at radius 2 is 1.96 bits per heavy atom. The van der Waals surface area contributed by atoms with Crippen molar-refractivity contribution >= 4 is 17.6 Å². The first kappa shape index (κ1) is 17.0. The number of hydrogen-bond donors (Lipinski definition) is 1. The van der Waals surface area contributed by atoms with Crippen molar-refractivity contribution in [3.8, 4) is 5.75 Å². The molecule has 1 amide bonds. The summed E-state index contributed by atoms with van der Waals surface area (Å²) in [5.74, 6) is -1.02. The Bertz CT molecular complexity index is 828. The molecule has 5 nitrogen and oxygen atoms in total. The molecular weight excluding hydrogens is 318 g/mol. The molecule has 0 bridgehead atoms. The van der Waals surface area contributed by atoms with Gasteiger partial charge in [-0.2, -0.15) is 0 Å². The number of aryl methyl sites for hydroxylation is 2. The molecule has 0 unspecified atom stereocenters. The lowest BCUT2D eigenvalue weighted by atomic mass is 10.0. The van der Waals surface area contributed by atoms with E-state index in [9.17, 15) is 14.7 Å². The van der Waals surface area contributed by atoms with Crippen molar-refractivity contribution in [2.24, 2.45) is 0 Å². The van der Waals surface area contributed by atoms with Gasteiger partial charge in [0, 0.05) is 12.1 Å². The molecule has 1 aliphatic heterocycles. The summed E-state index contributed by atoms with van der Waals surface area (Å²) in [6, 6.07) is 10.6. The third-order valence-electron chi connectivity index (χ3n) is 4.59. The van der Waals surface area contributed by atoms with Crippen molar-refractivity contribution in [3.63, 3.8) is 0 Å². The molecule has 130 valence electrons. The summed E-state index contributed by atoms with van der Waals surface area (Å²) < 4.78 is 5.15. The average Bonchev–Trinajstić information content (AvgIpc) is 2.84. The van der Waals surface area contributed by atoms with Crippen LogP contribution >= 0.6 is 0 Å². The van der Waals surface area contributed by atoms with E-state index in [1.165, 1.54) is 24.8 Å². The molecule has 3 rings (SSSR count). The van der Waals surface area contributed by atoms with Crippen LogP contribution in [-0.2, 0) is 6.42 Å². The molecule has 0 aromatic heterocycles. The Kier molecular flexibility index (Phi) is 4.74. The first-order valence-corrected chi connectivity index (χ1v) is 8.34. The largest absolute Gasteiger partial charge is 0.496 e. The number of rotatable bonds is 3. The van der Waals surface area contributed by atoms with Gasteiger partial charge in [0.25, 0.3) is 5.91 Å². The van der Waals surface area contributed by atoms with Gasteiger partial charge in [0.05, 0.1) is 12.8 Å². The number of para-hydroxylation sites is 1. The lowest BCUT2D eigenvalue weighted by Gasteiger charge is -2.25. The van der Waals surface area contributed by atoms with Crippen LogP contribution in [0.1, 0.15) is 44.7 Å². The standard InChI is InChI=1S/C20H21NO4/c1-13-6-5-8-14-7-3-4-11-21(18(13)14)19(22)15-9-10-16(20(23)24)17(12-15)25-2/h5-6,8-10,12H,3-4,7,11H2,1-2H3,(H,23,24). The molecule has 1 heterocycles. The number of fused-ring (bicyclic) bond motifs is 1. The van der Waals surface area contributed by atoms with Crippen molar-refractivity contribution in [1.29, 1.82) is 0 Å². The van der Waals surface area contributed by atoms with Crippen LogP contribution in [0.25, 0.3) is 0 Å². The van der Waals surface area contributed by atoms with E-state index >= 15 is 0 Å². The van der Waals surface area contributed by atoms with Crippen molar-refractivity contribution < 1.29 is 19.4 Å². The maximum absolute atomic E-state index is 13.1. The number of aromatic carboxylic acids is 1. The highest BCUT2D eigenvalue weighted by Gasteiger charge is 2.25. The van der Waals surface area contributed by atoms with Gasteiger partial charge in [-0.15, -0.1) is 0 Å². The lowest BCUT2D eigenvalue weighted by molar-refractivity contribution is 0.0692. The molecule has 0 aliphatic carbocycles. The molecule has 0 atom stereocenters. The predicted octanol–water partition coefficient (Wildman–Crippen LogP) is 3.68. The summed E-state index contributed by atoms with van der Waals surface area (Å²) in [5, 5.41) is 9.20. The number of carboxylic acid groups (broad SMARTS) is 1. The predicted molar refractivity (Wildman–Crippen MR) is 95.7 cm³/mol. The summed E-state index contributed by atoms with van der Waals surface area (Å²) in [7, 11) is 1.40. The Morgan fingerprint density at radius 1 is 1.16 bits per heavy atom. The Hall–Kier alpha value is -2.82. The fourth-order valence-corrected chi connectivity index (χ4v) is 3.36. The minimum absolute atomic E-state index is 0.0477. The van der Waals surface area contributed by atoms with E-state index in [2.05, 4.69) is 6.07 Å². The number of amides is 1. The number of carbonyl (C=O) groups excluding carboxylic acids is 1. The maximum atomic E-state index is 13.1. The highest BCUT2D eigenvalue weighted by atomic mass is 16.5. The molecule has 25 heavy (non-hydrogen) atoms. The fourth-order valence-electron chi connectivity index (χ4n) is 3.36. The summed E-state index contributed by atoms with van der Waals surface area (Å²) >= 11 is 0. The molecule has 0 saturated heterocycles. The smallest absolute Gasteiger partial charge is 0.339 e. The molecule has 0 fully saturated rings. The quantitative estimate of drug-likeness (QED) is 0.926. The molecule has 0 saturated carbocycles. The normalized spacial score (nSPS) is 13.8. The molecule has 2 aromatic rings. The second kappa shape index (κ2) is 6.97. The molecule has 5 heteroatoms. The number of nitrogens with zero attached hydrogens (tertiary/aromatic N) is 1. The number of hydrogen-bond acceptors (Lipinski definition) is 3. The van der Waals surface area contributed by atoms with Crippen LogP contribution in [0.4, 0.5) is 5.69 Å². The topological polar surface area (TPSA) is 66.8 Å². The first-order valence-electron chi connectivity index (χ1n) is 8.34. The number of anilines is 1. The number of carbonyl (C=O) groups is 2. The average molecular weight is 339 g/mol. The highest BCUT2D eigenvalue weighted by Crippen LogP contribution is 2.31. The Morgan fingerprint density at radius 3 is 2.68 bits per heavy atom.